The van der Waals surface area contributed by atoms with Gasteiger partial charge in [-0.15, -0.1) is 11.3 Å². The summed E-state index contributed by atoms with van der Waals surface area (Å²) in [4.78, 5) is 44.5. The predicted octanol–water partition coefficient (Wildman–Crippen LogP) is 3.61. The third-order valence-corrected chi connectivity index (χ3v) is 7.00. The molecule has 5 nitrogen and oxygen atoms in total. The number of para-hydroxylation sites is 1. The molecule has 148 valence electrons. The van der Waals surface area contributed by atoms with Crippen molar-refractivity contribution in [2.45, 2.75) is 38.4 Å². The van der Waals surface area contributed by atoms with Gasteiger partial charge in [-0.05, 0) is 43.8 Å². The molecular formula is C23H22N2O3S. The Morgan fingerprint density at radius 1 is 1.00 bits per heavy atom. The van der Waals surface area contributed by atoms with Crippen molar-refractivity contribution in [1.29, 1.82) is 0 Å². The third-order valence-electron chi connectivity index (χ3n) is 6.12. The Hall–Kier alpha value is -2.73. The number of benzene rings is 1. The third kappa shape index (κ3) is 2.48. The Morgan fingerprint density at radius 2 is 1.72 bits per heavy atom. The first-order valence-corrected chi connectivity index (χ1v) is 10.7. The van der Waals surface area contributed by atoms with Gasteiger partial charge in [0.25, 0.3) is 0 Å². The number of imide groups is 1. The Bertz CT molecular complexity index is 1050. The van der Waals surface area contributed by atoms with Crippen molar-refractivity contribution in [3.63, 3.8) is 0 Å². The summed E-state index contributed by atoms with van der Waals surface area (Å²) in [6.07, 6.45) is 3.99. The summed E-state index contributed by atoms with van der Waals surface area (Å²) in [7, 11) is 0. The van der Waals surface area contributed by atoms with E-state index in [1.807, 2.05) is 73.5 Å². The lowest BCUT2D eigenvalue weighted by molar-refractivity contribution is -0.145. The lowest BCUT2D eigenvalue weighted by Gasteiger charge is -2.38. The molecule has 0 radical (unpaired) electrons. The van der Waals surface area contributed by atoms with Crippen molar-refractivity contribution >= 4 is 40.7 Å². The summed E-state index contributed by atoms with van der Waals surface area (Å²) in [6.45, 7) is 5.59. The van der Waals surface area contributed by atoms with Crippen LogP contribution in [0.25, 0.3) is 6.08 Å². The number of anilines is 1. The zero-order valence-electron chi connectivity index (χ0n) is 16.5. The van der Waals surface area contributed by atoms with Crippen molar-refractivity contribution in [3.8, 4) is 0 Å². The average Bonchev–Trinajstić information content (AvgIpc) is 3.37. The van der Waals surface area contributed by atoms with Crippen LogP contribution in [0.3, 0.4) is 0 Å². The fraction of sp³-hybridized carbons (Fsp3) is 0.348. The lowest BCUT2D eigenvalue weighted by Crippen LogP contribution is -2.52. The second kappa shape index (κ2) is 6.13. The summed E-state index contributed by atoms with van der Waals surface area (Å²) < 4.78 is 0. The van der Waals surface area contributed by atoms with Crippen LogP contribution in [0, 0.1) is 11.8 Å². The van der Waals surface area contributed by atoms with Gasteiger partial charge in [0.15, 0.2) is 5.78 Å². The van der Waals surface area contributed by atoms with Crippen molar-refractivity contribution < 1.29 is 14.4 Å². The van der Waals surface area contributed by atoms with E-state index in [2.05, 4.69) is 0 Å². The van der Waals surface area contributed by atoms with Crippen LogP contribution < -0.4 is 4.90 Å². The summed E-state index contributed by atoms with van der Waals surface area (Å²) >= 11 is 1.38. The minimum Gasteiger partial charge on any atom is -0.352 e. The highest BCUT2D eigenvalue weighted by atomic mass is 32.1. The van der Waals surface area contributed by atoms with E-state index in [0.29, 0.717) is 4.88 Å². The molecular weight excluding hydrogens is 384 g/mol. The van der Waals surface area contributed by atoms with Crippen LogP contribution in [0.4, 0.5) is 5.69 Å². The largest absolute Gasteiger partial charge is 0.352 e. The maximum absolute atomic E-state index is 13.6. The second-order valence-electron chi connectivity index (χ2n) is 8.84. The Labute approximate surface area is 173 Å². The number of rotatable bonds is 2. The molecule has 3 aliphatic heterocycles. The maximum Gasteiger partial charge on any atom is 0.236 e. The Balaban J connectivity index is 1.68. The summed E-state index contributed by atoms with van der Waals surface area (Å²) in [5.41, 5.74) is 1.29. The average molecular weight is 407 g/mol. The molecule has 0 spiro atoms. The Kier molecular flexibility index (Phi) is 3.87. The fourth-order valence-electron chi connectivity index (χ4n) is 5.04. The maximum atomic E-state index is 13.6. The SMILES string of the molecule is CC(C)(C)N1C(=O)[C@@H]2[C@H](C1=O)[C@H](C(=O)c1cccs1)N1c3ccccc3C=C[C@H]21. The minimum atomic E-state index is -0.682. The first-order chi connectivity index (χ1) is 13.8. The first-order valence-electron chi connectivity index (χ1n) is 9.82. The normalized spacial score (nSPS) is 27.8. The number of ketones is 1. The zero-order chi connectivity index (χ0) is 20.5. The predicted molar refractivity (Wildman–Crippen MR) is 113 cm³/mol. The van der Waals surface area contributed by atoms with Crippen LogP contribution in [0.2, 0.25) is 0 Å². The number of likely N-dealkylation sites (tertiary alicyclic amines) is 1. The van der Waals surface area contributed by atoms with E-state index in [4.69, 9.17) is 0 Å². The molecule has 1 aromatic heterocycles. The van der Waals surface area contributed by atoms with Gasteiger partial charge in [0.1, 0.15) is 6.04 Å². The lowest BCUT2D eigenvalue weighted by atomic mass is 9.87. The number of thiophene rings is 1. The molecule has 2 fully saturated rings. The first kappa shape index (κ1) is 18.3. The van der Waals surface area contributed by atoms with Gasteiger partial charge in [0.05, 0.1) is 22.8 Å². The number of fused-ring (bicyclic) bond motifs is 5. The van der Waals surface area contributed by atoms with E-state index in [9.17, 15) is 14.4 Å². The van der Waals surface area contributed by atoms with E-state index >= 15 is 0 Å². The topological polar surface area (TPSA) is 57.7 Å². The number of carbonyl (C=O) groups is 3. The molecule has 2 amide bonds. The molecule has 0 saturated carbocycles. The molecule has 0 N–H and O–H groups in total. The van der Waals surface area contributed by atoms with Gasteiger partial charge in [0, 0.05) is 11.2 Å². The second-order valence-corrected chi connectivity index (χ2v) is 9.78. The molecule has 2 saturated heterocycles. The van der Waals surface area contributed by atoms with Gasteiger partial charge in [-0.2, -0.15) is 0 Å². The fourth-order valence-corrected chi connectivity index (χ4v) is 5.74. The molecule has 3 aliphatic rings. The number of amides is 2. The molecule has 4 heterocycles. The smallest absolute Gasteiger partial charge is 0.236 e. The van der Waals surface area contributed by atoms with Crippen LogP contribution in [-0.2, 0) is 9.59 Å². The monoisotopic (exact) mass is 406 g/mol. The molecule has 2 aromatic rings. The van der Waals surface area contributed by atoms with E-state index in [1.165, 1.54) is 16.2 Å². The summed E-state index contributed by atoms with van der Waals surface area (Å²) in [5.74, 6) is -1.70. The molecule has 29 heavy (non-hydrogen) atoms. The number of nitrogens with zero attached hydrogens (tertiary/aromatic N) is 2. The molecule has 6 heteroatoms. The molecule has 5 rings (SSSR count). The van der Waals surface area contributed by atoms with E-state index in [0.717, 1.165) is 11.3 Å². The number of carbonyl (C=O) groups excluding carboxylic acids is 3. The van der Waals surface area contributed by atoms with Crippen molar-refractivity contribution in [1.82, 2.24) is 4.90 Å². The van der Waals surface area contributed by atoms with E-state index in [-0.39, 0.29) is 23.6 Å². The van der Waals surface area contributed by atoms with Gasteiger partial charge in [-0.3, -0.25) is 19.3 Å². The van der Waals surface area contributed by atoms with Crippen molar-refractivity contribution in [3.05, 3.63) is 58.3 Å². The highest BCUT2D eigenvalue weighted by molar-refractivity contribution is 7.12. The Morgan fingerprint density at radius 3 is 2.41 bits per heavy atom. The van der Waals surface area contributed by atoms with Crippen LogP contribution in [-0.4, -0.2) is 40.1 Å². The number of hydrogen-bond acceptors (Lipinski definition) is 5. The highest BCUT2D eigenvalue weighted by Gasteiger charge is 2.65. The highest BCUT2D eigenvalue weighted by Crippen LogP contribution is 2.50. The van der Waals surface area contributed by atoms with Gasteiger partial charge >= 0.3 is 0 Å². The van der Waals surface area contributed by atoms with E-state index < -0.39 is 23.4 Å². The van der Waals surface area contributed by atoms with Crippen molar-refractivity contribution in [2.75, 3.05) is 4.90 Å². The summed E-state index contributed by atoms with van der Waals surface area (Å²) in [5, 5.41) is 1.87. The zero-order valence-corrected chi connectivity index (χ0v) is 17.3. The van der Waals surface area contributed by atoms with E-state index in [1.54, 1.807) is 6.07 Å². The van der Waals surface area contributed by atoms with Gasteiger partial charge in [-0.1, -0.05) is 36.4 Å². The molecule has 1 aromatic carbocycles. The number of hydrogen-bond donors (Lipinski definition) is 0. The van der Waals surface area contributed by atoms with Gasteiger partial charge in [-0.25, -0.2) is 0 Å². The van der Waals surface area contributed by atoms with Crippen molar-refractivity contribution in [2.24, 2.45) is 11.8 Å². The molecule has 0 bridgehead atoms. The number of Topliss-reactive ketones (excluding diaryl/α,β-unsaturated/α-hetero) is 1. The molecule has 0 aliphatic carbocycles. The van der Waals surface area contributed by atoms with Gasteiger partial charge in [0.2, 0.25) is 11.8 Å². The van der Waals surface area contributed by atoms with Crippen LogP contribution in [0.15, 0.2) is 47.9 Å². The minimum absolute atomic E-state index is 0.0838. The van der Waals surface area contributed by atoms with Crippen LogP contribution in [0.5, 0.6) is 0 Å². The quantitative estimate of drug-likeness (QED) is 0.565. The summed E-state index contributed by atoms with van der Waals surface area (Å²) in [6, 6.07) is 10.5. The van der Waals surface area contributed by atoms with Gasteiger partial charge < -0.3 is 4.90 Å². The standard InChI is InChI=1S/C23H22N2O3S/c1-23(2,3)25-21(27)17-15-11-10-13-7-4-5-8-14(13)24(15)19(18(17)22(25)28)20(26)16-9-6-12-29-16/h4-12,15,17-19H,1-3H3/t15-,17+,18+,19-/m1/s1. The van der Waals surface area contributed by atoms with Crippen LogP contribution in [0.1, 0.15) is 36.0 Å². The van der Waals surface area contributed by atoms with Crippen LogP contribution >= 0.6 is 11.3 Å². The molecule has 4 atom stereocenters. The molecule has 0 unspecified atom stereocenters.